The summed E-state index contributed by atoms with van der Waals surface area (Å²) in [6.45, 7) is 5.02. The number of ether oxygens (including phenoxy) is 1. The van der Waals surface area contributed by atoms with Crippen LogP contribution in [0.2, 0.25) is 0 Å². The standard InChI is InChI=1S/C17H25N3O2S/c1-3-15-6-7-16(23-15)13-20-17(19-10-12-21-2)18-9-8-14-5-4-11-22-14/h4-7,11H,3,8-10,12-13H2,1-2H3,(H2,18,19,20). The maximum atomic E-state index is 5.34. The molecule has 0 saturated carbocycles. The molecule has 23 heavy (non-hydrogen) atoms. The van der Waals surface area contributed by atoms with E-state index in [0.717, 1.165) is 37.7 Å². The Hall–Kier alpha value is -1.79. The molecule has 0 amide bonds. The number of aryl methyl sites for hydroxylation is 1. The normalized spacial score (nSPS) is 11.7. The predicted molar refractivity (Wildman–Crippen MR) is 95.1 cm³/mol. The Labute approximate surface area is 141 Å². The highest BCUT2D eigenvalue weighted by atomic mass is 32.1. The third-order valence-corrected chi connectivity index (χ3v) is 4.52. The van der Waals surface area contributed by atoms with Gasteiger partial charge < -0.3 is 19.8 Å². The molecule has 126 valence electrons. The van der Waals surface area contributed by atoms with Crippen LogP contribution in [-0.2, 0) is 24.1 Å². The Balaban J connectivity index is 1.85. The van der Waals surface area contributed by atoms with Crippen molar-refractivity contribution in [2.45, 2.75) is 26.3 Å². The lowest BCUT2D eigenvalue weighted by Crippen LogP contribution is -2.39. The van der Waals surface area contributed by atoms with E-state index in [2.05, 4.69) is 34.7 Å². The van der Waals surface area contributed by atoms with Crippen LogP contribution in [0.5, 0.6) is 0 Å². The minimum absolute atomic E-state index is 0.651. The lowest BCUT2D eigenvalue weighted by Gasteiger charge is -2.11. The summed E-state index contributed by atoms with van der Waals surface area (Å²) in [6.07, 6.45) is 3.61. The van der Waals surface area contributed by atoms with E-state index in [9.17, 15) is 0 Å². The Morgan fingerprint density at radius 2 is 2.04 bits per heavy atom. The minimum Gasteiger partial charge on any atom is -0.469 e. The van der Waals surface area contributed by atoms with Crippen molar-refractivity contribution < 1.29 is 9.15 Å². The zero-order chi connectivity index (χ0) is 16.3. The summed E-state index contributed by atoms with van der Waals surface area (Å²) < 4.78 is 10.4. The number of rotatable bonds is 9. The van der Waals surface area contributed by atoms with Crippen LogP contribution < -0.4 is 10.6 Å². The lowest BCUT2D eigenvalue weighted by atomic mass is 10.3. The van der Waals surface area contributed by atoms with Crippen molar-refractivity contribution in [1.82, 2.24) is 10.6 Å². The largest absolute Gasteiger partial charge is 0.469 e. The summed E-state index contributed by atoms with van der Waals surface area (Å²) in [5, 5.41) is 6.62. The molecule has 0 unspecified atom stereocenters. The molecule has 0 radical (unpaired) electrons. The van der Waals surface area contributed by atoms with Crippen LogP contribution in [0, 0.1) is 0 Å². The van der Waals surface area contributed by atoms with Crippen LogP contribution in [-0.4, -0.2) is 32.8 Å². The predicted octanol–water partition coefficient (Wildman–Crippen LogP) is 2.83. The van der Waals surface area contributed by atoms with Crippen molar-refractivity contribution in [3.05, 3.63) is 46.0 Å². The van der Waals surface area contributed by atoms with Gasteiger partial charge in [0.05, 0.1) is 19.4 Å². The molecule has 0 bridgehead atoms. The third kappa shape index (κ3) is 6.46. The number of hydrogen-bond donors (Lipinski definition) is 2. The van der Waals surface area contributed by atoms with E-state index in [1.807, 2.05) is 23.5 Å². The molecule has 0 spiro atoms. The number of furan rings is 1. The zero-order valence-electron chi connectivity index (χ0n) is 13.8. The van der Waals surface area contributed by atoms with E-state index in [1.165, 1.54) is 9.75 Å². The maximum Gasteiger partial charge on any atom is 0.191 e. The van der Waals surface area contributed by atoms with Gasteiger partial charge in [0.1, 0.15) is 5.76 Å². The highest BCUT2D eigenvalue weighted by Gasteiger charge is 2.02. The van der Waals surface area contributed by atoms with Crippen molar-refractivity contribution >= 4 is 17.3 Å². The van der Waals surface area contributed by atoms with E-state index < -0.39 is 0 Å². The summed E-state index contributed by atoms with van der Waals surface area (Å²) in [5.41, 5.74) is 0. The molecule has 5 nitrogen and oxygen atoms in total. The molecule has 2 N–H and O–H groups in total. The van der Waals surface area contributed by atoms with Gasteiger partial charge in [0.25, 0.3) is 0 Å². The van der Waals surface area contributed by atoms with Crippen molar-refractivity contribution in [1.29, 1.82) is 0 Å². The van der Waals surface area contributed by atoms with E-state index in [-0.39, 0.29) is 0 Å². The number of methoxy groups -OCH3 is 1. The molecule has 0 aliphatic heterocycles. The molecule has 0 aromatic carbocycles. The third-order valence-electron chi connectivity index (χ3n) is 3.30. The summed E-state index contributed by atoms with van der Waals surface area (Å²) >= 11 is 1.82. The number of guanidine groups is 1. The van der Waals surface area contributed by atoms with Crippen molar-refractivity contribution in [2.24, 2.45) is 4.99 Å². The van der Waals surface area contributed by atoms with Crippen LogP contribution in [0.3, 0.4) is 0 Å². The van der Waals surface area contributed by atoms with E-state index >= 15 is 0 Å². The number of nitrogens with one attached hydrogen (secondary N) is 2. The van der Waals surface area contributed by atoms with Crippen LogP contribution in [0.1, 0.15) is 22.4 Å². The fourth-order valence-electron chi connectivity index (χ4n) is 2.06. The Morgan fingerprint density at radius 1 is 1.22 bits per heavy atom. The van der Waals surface area contributed by atoms with Crippen LogP contribution in [0.25, 0.3) is 0 Å². The van der Waals surface area contributed by atoms with E-state index in [0.29, 0.717) is 13.2 Å². The van der Waals surface area contributed by atoms with Gasteiger partial charge in [0.15, 0.2) is 5.96 Å². The molecule has 2 aromatic heterocycles. The second kappa shape index (κ2) is 10.1. The number of nitrogens with zero attached hydrogens (tertiary/aromatic N) is 1. The average molecular weight is 335 g/mol. The van der Waals surface area contributed by atoms with Crippen LogP contribution >= 0.6 is 11.3 Å². The molecule has 2 aromatic rings. The average Bonchev–Trinajstić information content (AvgIpc) is 3.23. The highest BCUT2D eigenvalue weighted by Crippen LogP contribution is 2.17. The molecule has 6 heteroatoms. The van der Waals surface area contributed by atoms with Crippen molar-refractivity contribution in [2.75, 3.05) is 26.8 Å². The summed E-state index contributed by atoms with van der Waals surface area (Å²) in [6, 6.07) is 8.22. The van der Waals surface area contributed by atoms with Crippen LogP contribution in [0.15, 0.2) is 39.9 Å². The first-order valence-electron chi connectivity index (χ1n) is 7.93. The Kier molecular flexibility index (Phi) is 7.69. The molecule has 0 atom stereocenters. The van der Waals surface area contributed by atoms with Gasteiger partial charge >= 0.3 is 0 Å². The first-order valence-corrected chi connectivity index (χ1v) is 8.74. The van der Waals surface area contributed by atoms with Crippen molar-refractivity contribution in [3.8, 4) is 0 Å². The summed E-state index contributed by atoms with van der Waals surface area (Å²) in [4.78, 5) is 7.33. The highest BCUT2D eigenvalue weighted by molar-refractivity contribution is 7.11. The Bertz CT molecular complexity index is 578. The quantitative estimate of drug-likeness (QED) is 0.420. The fraction of sp³-hybridized carbons (Fsp3) is 0.471. The summed E-state index contributed by atoms with van der Waals surface area (Å²) in [7, 11) is 1.70. The van der Waals surface area contributed by atoms with Crippen LogP contribution in [0.4, 0.5) is 0 Å². The molecule has 0 saturated heterocycles. The fourth-order valence-corrected chi connectivity index (χ4v) is 2.94. The number of aliphatic imine (C=N–C) groups is 1. The number of hydrogen-bond acceptors (Lipinski definition) is 4. The first kappa shape index (κ1) is 17.6. The van der Waals surface area contributed by atoms with E-state index in [1.54, 1.807) is 13.4 Å². The second-order valence-electron chi connectivity index (χ2n) is 5.06. The van der Waals surface area contributed by atoms with Gasteiger partial charge in [-0.05, 0) is 30.7 Å². The zero-order valence-corrected chi connectivity index (χ0v) is 14.6. The van der Waals surface area contributed by atoms with Gasteiger partial charge in [0, 0.05) is 36.4 Å². The first-order chi connectivity index (χ1) is 11.3. The molecular weight excluding hydrogens is 310 g/mol. The Morgan fingerprint density at radius 3 is 2.74 bits per heavy atom. The maximum absolute atomic E-state index is 5.34. The molecule has 0 aliphatic rings. The van der Waals surface area contributed by atoms with Gasteiger partial charge in [-0.25, -0.2) is 4.99 Å². The topological polar surface area (TPSA) is 58.8 Å². The second-order valence-corrected chi connectivity index (χ2v) is 6.32. The van der Waals surface area contributed by atoms with E-state index in [4.69, 9.17) is 9.15 Å². The SMILES string of the molecule is CCc1ccc(CN=C(NCCOC)NCCc2ccco2)s1. The van der Waals surface area contributed by atoms with Gasteiger partial charge in [-0.1, -0.05) is 6.92 Å². The monoisotopic (exact) mass is 335 g/mol. The van der Waals surface area contributed by atoms with Gasteiger partial charge in [-0.2, -0.15) is 0 Å². The smallest absolute Gasteiger partial charge is 0.191 e. The van der Waals surface area contributed by atoms with Crippen molar-refractivity contribution in [3.63, 3.8) is 0 Å². The number of thiophene rings is 1. The van der Waals surface area contributed by atoms with Gasteiger partial charge in [-0.3, -0.25) is 0 Å². The van der Waals surface area contributed by atoms with Gasteiger partial charge in [0.2, 0.25) is 0 Å². The van der Waals surface area contributed by atoms with Gasteiger partial charge in [-0.15, -0.1) is 11.3 Å². The molecule has 0 aliphatic carbocycles. The molecule has 2 heterocycles. The molecule has 2 rings (SSSR count). The summed E-state index contributed by atoms with van der Waals surface area (Å²) in [5.74, 6) is 1.78. The molecular formula is C17H25N3O2S. The minimum atomic E-state index is 0.651. The molecule has 0 fully saturated rings. The lowest BCUT2D eigenvalue weighted by molar-refractivity contribution is 0.203.